The molecule has 0 rings (SSSR count). The van der Waals surface area contributed by atoms with Crippen molar-refractivity contribution >= 4 is 17.9 Å². The first-order chi connectivity index (χ1) is 9.39. The Labute approximate surface area is 118 Å². The molecule has 0 fully saturated rings. The van der Waals surface area contributed by atoms with Gasteiger partial charge in [-0.05, 0) is 6.42 Å². The van der Waals surface area contributed by atoms with Crippen LogP contribution in [0.4, 0.5) is 0 Å². The summed E-state index contributed by atoms with van der Waals surface area (Å²) >= 11 is 0. The van der Waals surface area contributed by atoms with Gasteiger partial charge in [-0.15, -0.1) is 0 Å². The van der Waals surface area contributed by atoms with Gasteiger partial charge < -0.3 is 15.3 Å². The predicted octanol–water partition coefficient (Wildman–Crippen LogP) is 2.76. The molecule has 0 saturated heterocycles. The molecule has 0 aliphatic rings. The fraction of sp³-hybridized carbons (Fsp3) is 0.786. The molecule has 0 bridgehead atoms. The molecule has 6 nitrogen and oxygen atoms in total. The summed E-state index contributed by atoms with van der Waals surface area (Å²) in [4.78, 5) is 32.9. The average Bonchev–Trinajstić information content (AvgIpc) is 2.35. The number of hydrogen-bond acceptors (Lipinski definition) is 3. The van der Waals surface area contributed by atoms with E-state index in [1.54, 1.807) is 0 Å². The lowest BCUT2D eigenvalue weighted by atomic mass is 9.82. The summed E-state index contributed by atoms with van der Waals surface area (Å²) < 4.78 is 0. The summed E-state index contributed by atoms with van der Waals surface area (Å²) in [5.41, 5.74) is -2.71. The molecule has 0 aromatic carbocycles. The van der Waals surface area contributed by atoms with Gasteiger partial charge in [-0.1, -0.05) is 58.3 Å². The first-order valence-electron chi connectivity index (χ1n) is 7.09. The minimum absolute atomic E-state index is 0.290. The number of aliphatic carboxylic acids is 3. The van der Waals surface area contributed by atoms with Crippen molar-refractivity contribution in [3.63, 3.8) is 0 Å². The zero-order chi connectivity index (χ0) is 15.6. The van der Waals surface area contributed by atoms with Crippen LogP contribution in [-0.4, -0.2) is 33.2 Å². The van der Waals surface area contributed by atoms with Gasteiger partial charge >= 0.3 is 17.9 Å². The van der Waals surface area contributed by atoms with Crippen molar-refractivity contribution in [2.45, 2.75) is 64.7 Å². The zero-order valence-corrected chi connectivity index (χ0v) is 11.9. The maximum absolute atomic E-state index is 11.0. The lowest BCUT2D eigenvalue weighted by Gasteiger charge is -2.19. The van der Waals surface area contributed by atoms with Gasteiger partial charge in [0.15, 0.2) is 0 Å². The highest BCUT2D eigenvalue weighted by molar-refractivity contribution is 6.16. The van der Waals surface area contributed by atoms with Crippen LogP contribution in [-0.2, 0) is 14.4 Å². The summed E-state index contributed by atoms with van der Waals surface area (Å²) in [6, 6.07) is 0. The molecule has 0 aromatic heterocycles. The van der Waals surface area contributed by atoms with Crippen molar-refractivity contribution in [2.24, 2.45) is 5.41 Å². The van der Waals surface area contributed by atoms with Gasteiger partial charge in [0.05, 0.1) is 0 Å². The smallest absolute Gasteiger partial charge is 0.332 e. The van der Waals surface area contributed by atoms with Crippen LogP contribution >= 0.6 is 0 Å². The molecule has 0 heterocycles. The van der Waals surface area contributed by atoms with Gasteiger partial charge in [0.2, 0.25) is 0 Å². The Balaban J connectivity index is 4.14. The van der Waals surface area contributed by atoms with Crippen molar-refractivity contribution < 1.29 is 29.7 Å². The van der Waals surface area contributed by atoms with Gasteiger partial charge in [-0.2, -0.15) is 0 Å². The highest BCUT2D eigenvalue weighted by atomic mass is 16.4. The molecule has 0 unspecified atom stereocenters. The van der Waals surface area contributed by atoms with Crippen molar-refractivity contribution in [2.75, 3.05) is 0 Å². The number of rotatable bonds is 12. The molecule has 0 aliphatic carbocycles. The normalized spacial score (nSPS) is 11.2. The lowest BCUT2D eigenvalue weighted by molar-refractivity contribution is -0.176. The minimum atomic E-state index is -2.71. The highest BCUT2D eigenvalue weighted by Gasteiger charge is 2.53. The van der Waals surface area contributed by atoms with Crippen LogP contribution in [0, 0.1) is 5.41 Å². The first kappa shape index (κ1) is 18.4. The van der Waals surface area contributed by atoms with E-state index in [0.29, 0.717) is 12.8 Å². The Morgan fingerprint density at radius 2 is 1.05 bits per heavy atom. The van der Waals surface area contributed by atoms with Gasteiger partial charge in [0, 0.05) is 0 Å². The SMILES string of the molecule is CCCCCCCCCCC(C(=O)O)(C(=O)O)C(=O)O. The van der Waals surface area contributed by atoms with E-state index in [1.165, 1.54) is 19.3 Å². The Hall–Kier alpha value is -1.59. The number of carboxylic acids is 3. The third kappa shape index (κ3) is 5.19. The van der Waals surface area contributed by atoms with Crippen LogP contribution in [0.25, 0.3) is 0 Å². The minimum Gasteiger partial charge on any atom is -0.480 e. The third-order valence-electron chi connectivity index (χ3n) is 3.50. The maximum Gasteiger partial charge on any atom is 0.332 e. The fourth-order valence-corrected chi connectivity index (χ4v) is 2.12. The van der Waals surface area contributed by atoms with Crippen LogP contribution in [0.15, 0.2) is 0 Å². The molecule has 3 N–H and O–H groups in total. The summed E-state index contributed by atoms with van der Waals surface area (Å²) in [7, 11) is 0. The Morgan fingerprint density at radius 1 is 0.700 bits per heavy atom. The van der Waals surface area contributed by atoms with Crippen LogP contribution < -0.4 is 0 Å². The van der Waals surface area contributed by atoms with Crippen LogP contribution in [0.3, 0.4) is 0 Å². The van der Waals surface area contributed by atoms with E-state index in [1.807, 2.05) is 0 Å². The molecular formula is C14H24O6. The second-order valence-corrected chi connectivity index (χ2v) is 5.05. The topological polar surface area (TPSA) is 112 Å². The van der Waals surface area contributed by atoms with E-state index in [-0.39, 0.29) is 6.42 Å². The molecule has 116 valence electrons. The number of hydrogen-bond donors (Lipinski definition) is 3. The van der Waals surface area contributed by atoms with E-state index in [0.717, 1.165) is 19.3 Å². The molecule has 0 aliphatic heterocycles. The molecular weight excluding hydrogens is 264 g/mol. The maximum atomic E-state index is 11.0. The van der Waals surface area contributed by atoms with Crippen molar-refractivity contribution in [1.82, 2.24) is 0 Å². The third-order valence-corrected chi connectivity index (χ3v) is 3.50. The number of unbranched alkanes of at least 4 members (excludes halogenated alkanes) is 7. The number of carboxylic acid groups (broad SMARTS) is 3. The predicted molar refractivity (Wildman–Crippen MR) is 72.6 cm³/mol. The van der Waals surface area contributed by atoms with Gasteiger partial charge in [-0.3, -0.25) is 14.4 Å². The highest BCUT2D eigenvalue weighted by Crippen LogP contribution is 2.27. The second kappa shape index (κ2) is 9.34. The molecule has 0 amide bonds. The van der Waals surface area contributed by atoms with Crippen LogP contribution in [0.2, 0.25) is 0 Å². The lowest BCUT2D eigenvalue weighted by Crippen LogP contribution is -2.46. The second-order valence-electron chi connectivity index (χ2n) is 5.05. The Kier molecular flexibility index (Phi) is 8.59. The molecule has 6 heteroatoms. The average molecular weight is 288 g/mol. The Morgan fingerprint density at radius 3 is 1.40 bits per heavy atom. The van der Waals surface area contributed by atoms with E-state index in [9.17, 15) is 14.4 Å². The molecule has 20 heavy (non-hydrogen) atoms. The van der Waals surface area contributed by atoms with Gasteiger partial charge in [0.25, 0.3) is 5.41 Å². The van der Waals surface area contributed by atoms with E-state index in [4.69, 9.17) is 15.3 Å². The molecule has 0 aromatic rings. The van der Waals surface area contributed by atoms with Crippen molar-refractivity contribution in [3.8, 4) is 0 Å². The van der Waals surface area contributed by atoms with Crippen LogP contribution in [0.1, 0.15) is 64.7 Å². The van der Waals surface area contributed by atoms with E-state index >= 15 is 0 Å². The summed E-state index contributed by atoms with van der Waals surface area (Å²) in [6.07, 6.45) is 7.09. The van der Waals surface area contributed by atoms with Crippen molar-refractivity contribution in [1.29, 1.82) is 0 Å². The molecule has 0 spiro atoms. The summed E-state index contributed by atoms with van der Waals surface area (Å²) in [5, 5.41) is 26.7. The summed E-state index contributed by atoms with van der Waals surface area (Å²) in [5.74, 6) is -5.42. The fourth-order valence-electron chi connectivity index (χ4n) is 2.12. The molecule has 0 atom stereocenters. The van der Waals surface area contributed by atoms with E-state index in [2.05, 4.69) is 6.92 Å². The standard InChI is InChI=1S/C14H24O6/c1-2-3-4-5-6-7-8-9-10-14(11(15)16,12(17)18)13(19)20/h2-10H2,1H3,(H,15,16)(H,17,18)(H,19,20). The largest absolute Gasteiger partial charge is 0.480 e. The number of carbonyl (C=O) groups is 3. The van der Waals surface area contributed by atoms with Crippen LogP contribution in [0.5, 0.6) is 0 Å². The Bertz CT molecular complexity index is 301. The monoisotopic (exact) mass is 288 g/mol. The van der Waals surface area contributed by atoms with Gasteiger partial charge in [0.1, 0.15) is 0 Å². The molecule has 0 radical (unpaired) electrons. The van der Waals surface area contributed by atoms with E-state index < -0.39 is 23.3 Å². The van der Waals surface area contributed by atoms with Crippen molar-refractivity contribution in [3.05, 3.63) is 0 Å². The first-order valence-corrected chi connectivity index (χ1v) is 7.09. The van der Waals surface area contributed by atoms with Gasteiger partial charge in [-0.25, -0.2) is 0 Å². The quantitative estimate of drug-likeness (QED) is 0.376. The summed E-state index contributed by atoms with van der Waals surface area (Å²) in [6.45, 7) is 2.13. The zero-order valence-electron chi connectivity index (χ0n) is 11.9. The molecule has 0 saturated carbocycles.